The van der Waals surface area contributed by atoms with Crippen LogP contribution in [0.25, 0.3) is 0 Å². The lowest BCUT2D eigenvalue weighted by molar-refractivity contribution is -0.120. The summed E-state index contributed by atoms with van der Waals surface area (Å²) in [5.74, 6) is -0.979. The fraction of sp³-hybridized carbons (Fsp3) is 0.579. The van der Waals surface area contributed by atoms with Crippen molar-refractivity contribution in [1.82, 2.24) is 0 Å². The molecule has 1 aromatic rings. The zero-order valence-electron chi connectivity index (χ0n) is 14.5. The Balaban J connectivity index is 1.85. The number of benzene rings is 1. The van der Waals surface area contributed by atoms with Crippen LogP contribution in [0.2, 0.25) is 0 Å². The van der Waals surface area contributed by atoms with Crippen LogP contribution in [0.4, 0.5) is 10.1 Å². The average Bonchev–Trinajstić information content (AvgIpc) is 3.07. The predicted octanol–water partition coefficient (Wildman–Crippen LogP) is 2.87. The van der Waals surface area contributed by atoms with Gasteiger partial charge in [-0.1, -0.05) is 32.1 Å². The number of amides is 1. The first-order valence-corrected chi connectivity index (χ1v) is 8.96. The molecular weight excluding hydrogens is 323 g/mol. The van der Waals surface area contributed by atoms with Crippen LogP contribution in [0.15, 0.2) is 18.2 Å². The van der Waals surface area contributed by atoms with Crippen LogP contribution < -0.4 is 10.6 Å². The molecule has 1 aliphatic carbocycles. The number of esters is 1. The van der Waals surface area contributed by atoms with E-state index >= 15 is 0 Å². The van der Waals surface area contributed by atoms with Gasteiger partial charge in [-0.25, -0.2) is 9.18 Å². The first-order valence-electron chi connectivity index (χ1n) is 8.96. The number of hydrogen-bond donors (Lipinski definition) is 1. The van der Waals surface area contributed by atoms with E-state index in [1.807, 2.05) is 4.90 Å². The summed E-state index contributed by atoms with van der Waals surface area (Å²) in [7, 11) is 1.22. The minimum Gasteiger partial charge on any atom is -0.465 e. The molecule has 2 N–H and O–H groups in total. The van der Waals surface area contributed by atoms with Crippen LogP contribution in [0.3, 0.4) is 0 Å². The van der Waals surface area contributed by atoms with E-state index in [-0.39, 0.29) is 17.4 Å². The van der Waals surface area contributed by atoms with Gasteiger partial charge in [0.05, 0.1) is 12.7 Å². The maximum Gasteiger partial charge on any atom is 0.340 e. The SMILES string of the molecule is COC(=O)c1ccc(N2CC[C@@H](C3CCCCC3)[C@H]2C(N)=O)cc1F. The Bertz CT molecular complexity index is 658. The Kier molecular flexibility index (Phi) is 5.25. The van der Waals surface area contributed by atoms with Crippen molar-refractivity contribution >= 4 is 17.6 Å². The second kappa shape index (κ2) is 7.42. The fourth-order valence-electron chi connectivity index (χ4n) is 4.48. The number of methoxy groups -OCH3 is 1. The number of ether oxygens (including phenoxy) is 1. The summed E-state index contributed by atoms with van der Waals surface area (Å²) in [6.45, 7) is 0.672. The lowest BCUT2D eigenvalue weighted by atomic mass is 9.76. The highest BCUT2D eigenvalue weighted by Gasteiger charge is 2.42. The molecule has 25 heavy (non-hydrogen) atoms. The zero-order chi connectivity index (χ0) is 18.0. The van der Waals surface area contributed by atoms with Crippen molar-refractivity contribution in [2.45, 2.75) is 44.6 Å². The maximum atomic E-state index is 14.3. The summed E-state index contributed by atoms with van der Waals surface area (Å²) in [6.07, 6.45) is 6.83. The van der Waals surface area contributed by atoms with Gasteiger partial charge in [0.25, 0.3) is 0 Å². The molecule has 0 bridgehead atoms. The van der Waals surface area contributed by atoms with E-state index < -0.39 is 17.8 Å². The molecule has 0 aromatic heterocycles. The maximum absolute atomic E-state index is 14.3. The van der Waals surface area contributed by atoms with E-state index in [1.54, 1.807) is 6.07 Å². The molecule has 1 saturated heterocycles. The quantitative estimate of drug-likeness (QED) is 0.849. The van der Waals surface area contributed by atoms with Crippen LogP contribution in [0, 0.1) is 17.7 Å². The smallest absolute Gasteiger partial charge is 0.340 e. The molecule has 0 spiro atoms. The highest BCUT2D eigenvalue weighted by molar-refractivity contribution is 5.90. The molecule has 3 rings (SSSR count). The third-order valence-corrected chi connectivity index (χ3v) is 5.68. The summed E-state index contributed by atoms with van der Waals surface area (Å²) in [5.41, 5.74) is 6.20. The predicted molar refractivity (Wildman–Crippen MR) is 92.7 cm³/mol. The number of carbonyl (C=O) groups is 2. The number of hydrogen-bond acceptors (Lipinski definition) is 4. The van der Waals surface area contributed by atoms with E-state index in [9.17, 15) is 14.0 Å². The van der Waals surface area contributed by atoms with Crippen molar-refractivity contribution in [2.24, 2.45) is 17.6 Å². The number of nitrogens with zero attached hydrogens (tertiary/aromatic N) is 1. The van der Waals surface area contributed by atoms with E-state index in [0.717, 1.165) is 19.3 Å². The van der Waals surface area contributed by atoms with E-state index in [1.165, 1.54) is 38.5 Å². The first kappa shape index (κ1) is 17.7. The molecule has 2 aliphatic rings. The summed E-state index contributed by atoms with van der Waals surface area (Å²) >= 11 is 0. The molecule has 1 aromatic carbocycles. The van der Waals surface area contributed by atoms with Crippen molar-refractivity contribution in [3.05, 3.63) is 29.6 Å². The minimum atomic E-state index is -0.711. The van der Waals surface area contributed by atoms with Crippen LogP contribution >= 0.6 is 0 Å². The van der Waals surface area contributed by atoms with Gasteiger partial charge < -0.3 is 15.4 Å². The first-order chi connectivity index (χ1) is 12.0. The van der Waals surface area contributed by atoms with Crippen LogP contribution in [0.1, 0.15) is 48.9 Å². The van der Waals surface area contributed by atoms with Gasteiger partial charge >= 0.3 is 5.97 Å². The number of halogens is 1. The van der Waals surface area contributed by atoms with Crippen molar-refractivity contribution < 1.29 is 18.7 Å². The second-order valence-electron chi connectivity index (χ2n) is 7.05. The van der Waals surface area contributed by atoms with Gasteiger partial charge in [0.15, 0.2) is 0 Å². The number of carbonyl (C=O) groups excluding carboxylic acids is 2. The lowest BCUT2D eigenvalue weighted by Crippen LogP contribution is -2.46. The molecule has 5 nitrogen and oxygen atoms in total. The Labute approximate surface area is 147 Å². The molecule has 136 valence electrons. The van der Waals surface area contributed by atoms with Gasteiger partial charge in [0.1, 0.15) is 11.9 Å². The largest absolute Gasteiger partial charge is 0.465 e. The molecule has 0 unspecified atom stereocenters. The molecule has 0 radical (unpaired) electrons. The molecular formula is C19H25FN2O3. The highest BCUT2D eigenvalue weighted by atomic mass is 19.1. The average molecular weight is 348 g/mol. The van der Waals surface area contributed by atoms with Crippen molar-refractivity contribution in [2.75, 3.05) is 18.6 Å². The van der Waals surface area contributed by atoms with Gasteiger partial charge in [0.2, 0.25) is 5.91 Å². The van der Waals surface area contributed by atoms with Crippen LogP contribution in [0.5, 0.6) is 0 Å². The normalized spacial score (nSPS) is 24.3. The molecule has 6 heteroatoms. The highest BCUT2D eigenvalue weighted by Crippen LogP contribution is 2.40. The lowest BCUT2D eigenvalue weighted by Gasteiger charge is -2.33. The van der Waals surface area contributed by atoms with E-state index in [4.69, 9.17) is 5.73 Å². The standard InChI is InChI=1S/C19H25FN2O3/c1-25-19(24)15-8-7-13(11-16(15)20)22-10-9-14(17(22)18(21)23)12-5-3-2-4-6-12/h7-8,11-12,14,17H,2-6,9-10H2,1H3,(H2,21,23)/t14-,17-/m0/s1. The van der Waals surface area contributed by atoms with Gasteiger partial charge in [-0.05, 0) is 36.5 Å². The summed E-state index contributed by atoms with van der Waals surface area (Å²) in [4.78, 5) is 25.6. The second-order valence-corrected chi connectivity index (χ2v) is 7.05. The third kappa shape index (κ3) is 3.48. The Hall–Kier alpha value is -2.11. The number of anilines is 1. The molecule has 1 saturated carbocycles. The van der Waals surface area contributed by atoms with E-state index in [0.29, 0.717) is 18.2 Å². The molecule has 1 aliphatic heterocycles. The molecule has 1 amide bonds. The van der Waals surface area contributed by atoms with Crippen LogP contribution in [-0.2, 0) is 9.53 Å². The molecule has 2 fully saturated rings. The van der Waals surface area contributed by atoms with Crippen molar-refractivity contribution in [3.8, 4) is 0 Å². The van der Waals surface area contributed by atoms with E-state index in [2.05, 4.69) is 4.74 Å². The summed E-state index contributed by atoms with van der Waals surface area (Å²) < 4.78 is 18.8. The number of primary amides is 1. The Morgan fingerprint density at radius 2 is 1.92 bits per heavy atom. The fourth-order valence-corrected chi connectivity index (χ4v) is 4.48. The number of rotatable bonds is 4. The molecule has 2 atom stereocenters. The van der Waals surface area contributed by atoms with Gasteiger partial charge in [-0.2, -0.15) is 0 Å². The minimum absolute atomic E-state index is 0.107. The van der Waals surface area contributed by atoms with Crippen LogP contribution in [-0.4, -0.2) is 31.6 Å². The summed E-state index contributed by atoms with van der Waals surface area (Å²) in [6, 6.07) is 3.95. The Morgan fingerprint density at radius 3 is 2.52 bits per heavy atom. The van der Waals surface area contributed by atoms with Gasteiger partial charge in [-0.15, -0.1) is 0 Å². The Morgan fingerprint density at radius 1 is 1.20 bits per heavy atom. The third-order valence-electron chi connectivity index (χ3n) is 5.68. The zero-order valence-corrected chi connectivity index (χ0v) is 14.5. The molecule has 1 heterocycles. The van der Waals surface area contributed by atoms with Gasteiger partial charge in [0, 0.05) is 12.2 Å². The monoisotopic (exact) mass is 348 g/mol. The van der Waals surface area contributed by atoms with Crippen molar-refractivity contribution in [1.29, 1.82) is 0 Å². The topological polar surface area (TPSA) is 72.6 Å². The summed E-state index contributed by atoms with van der Waals surface area (Å²) in [5, 5.41) is 0. The number of nitrogens with two attached hydrogens (primary N) is 1. The van der Waals surface area contributed by atoms with Gasteiger partial charge in [-0.3, -0.25) is 4.79 Å². The van der Waals surface area contributed by atoms with Crippen molar-refractivity contribution in [3.63, 3.8) is 0 Å².